The van der Waals surface area contributed by atoms with Gasteiger partial charge in [0.25, 0.3) is 0 Å². The maximum Gasteiger partial charge on any atom is 0.139 e. The van der Waals surface area contributed by atoms with E-state index in [0.29, 0.717) is 23.0 Å². The third-order valence-electron chi connectivity index (χ3n) is 5.52. The first-order valence-electron chi connectivity index (χ1n) is 9.85. The third-order valence-corrected chi connectivity index (χ3v) is 6.38. The Labute approximate surface area is 174 Å². The highest BCUT2D eigenvalue weighted by molar-refractivity contribution is 7.11. The molecule has 5 nitrogen and oxygen atoms in total. The summed E-state index contributed by atoms with van der Waals surface area (Å²) in [6.45, 7) is 2.52. The lowest BCUT2D eigenvalue weighted by molar-refractivity contribution is 0.411. The lowest BCUT2D eigenvalue weighted by Crippen LogP contribution is -2.26. The van der Waals surface area contributed by atoms with Crippen molar-refractivity contribution in [2.75, 3.05) is 29.4 Å². The second kappa shape index (κ2) is 7.37. The molecule has 2 aliphatic heterocycles. The van der Waals surface area contributed by atoms with Crippen molar-refractivity contribution in [2.24, 2.45) is 0 Å². The van der Waals surface area contributed by atoms with Gasteiger partial charge in [0.1, 0.15) is 16.6 Å². The fraction of sp³-hybridized carbons (Fsp3) is 0.217. The topological polar surface area (TPSA) is 63.5 Å². The zero-order valence-corrected chi connectivity index (χ0v) is 16.8. The van der Waals surface area contributed by atoms with Crippen LogP contribution in [0.5, 0.6) is 0 Å². The van der Waals surface area contributed by atoms with Crippen LogP contribution in [0, 0.1) is 5.41 Å². The van der Waals surface area contributed by atoms with Crippen LogP contribution in [0.2, 0.25) is 0 Å². The molecule has 0 atom stereocenters. The number of benzene rings is 2. The van der Waals surface area contributed by atoms with E-state index in [1.807, 2.05) is 52.7 Å². The monoisotopic (exact) mass is 402 g/mol. The minimum absolute atomic E-state index is 0.201. The number of amidine groups is 1. The quantitative estimate of drug-likeness (QED) is 0.631. The van der Waals surface area contributed by atoms with Crippen molar-refractivity contribution in [1.82, 2.24) is 4.98 Å². The number of aromatic nitrogens is 1. The van der Waals surface area contributed by atoms with Crippen LogP contribution >= 0.6 is 11.3 Å². The van der Waals surface area contributed by atoms with Crippen LogP contribution in [-0.2, 0) is 0 Å². The van der Waals surface area contributed by atoms with E-state index < -0.39 is 0 Å². The molecule has 1 aromatic heterocycles. The summed E-state index contributed by atoms with van der Waals surface area (Å²) in [5.74, 6) is 0.498. The average molecular weight is 403 g/mol. The van der Waals surface area contributed by atoms with E-state index in [-0.39, 0.29) is 5.76 Å². The van der Waals surface area contributed by atoms with Gasteiger partial charge in [0.15, 0.2) is 0 Å². The Bertz CT molecular complexity index is 1070. The van der Waals surface area contributed by atoms with Crippen LogP contribution < -0.4 is 9.80 Å². The zero-order valence-electron chi connectivity index (χ0n) is 16.0. The number of nitrogens with one attached hydrogen (secondary N) is 1. The van der Waals surface area contributed by atoms with Crippen LogP contribution in [0.3, 0.4) is 0 Å². The summed E-state index contributed by atoms with van der Waals surface area (Å²) in [6.07, 6.45) is 2.50. The van der Waals surface area contributed by atoms with Crippen LogP contribution in [0.25, 0.3) is 16.8 Å². The van der Waals surface area contributed by atoms with Crippen molar-refractivity contribution < 1.29 is 5.11 Å². The Morgan fingerprint density at radius 2 is 1.62 bits per heavy atom. The molecule has 5 rings (SSSR count). The Kier molecular flexibility index (Phi) is 4.56. The van der Waals surface area contributed by atoms with Gasteiger partial charge in [-0.2, -0.15) is 0 Å². The van der Waals surface area contributed by atoms with Crippen molar-refractivity contribution in [3.63, 3.8) is 0 Å². The molecule has 1 fully saturated rings. The first-order valence-corrected chi connectivity index (χ1v) is 10.7. The molecule has 0 radical (unpaired) electrons. The molecule has 2 N–H and O–H groups in total. The van der Waals surface area contributed by atoms with E-state index in [0.717, 1.165) is 30.0 Å². The summed E-state index contributed by atoms with van der Waals surface area (Å²) in [4.78, 5) is 8.91. The summed E-state index contributed by atoms with van der Waals surface area (Å²) in [5.41, 5.74) is 4.57. The predicted octanol–water partition coefficient (Wildman–Crippen LogP) is 5.18. The highest BCUT2D eigenvalue weighted by Gasteiger charge is 2.31. The van der Waals surface area contributed by atoms with E-state index in [2.05, 4.69) is 22.0 Å². The van der Waals surface area contributed by atoms with E-state index in [1.54, 1.807) is 0 Å². The van der Waals surface area contributed by atoms with Gasteiger partial charge >= 0.3 is 0 Å². The van der Waals surface area contributed by atoms with Crippen LogP contribution in [0.4, 0.5) is 11.4 Å². The van der Waals surface area contributed by atoms with E-state index in [1.165, 1.54) is 29.9 Å². The van der Waals surface area contributed by atoms with Gasteiger partial charge < -0.3 is 14.9 Å². The third kappa shape index (κ3) is 3.29. The molecule has 3 heterocycles. The highest BCUT2D eigenvalue weighted by Crippen LogP contribution is 2.35. The number of thiazole rings is 1. The van der Waals surface area contributed by atoms with Crippen molar-refractivity contribution >= 4 is 34.1 Å². The molecule has 3 aromatic rings. The molecule has 2 aromatic carbocycles. The minimum Gasteiger partial charge on any atom is -0.510 e. The Morgan fingerprint density at radius 1 is 0.931 bits per heavy atom. The molecule has 146 valence electrons. The number of nitrogens with zero attached hydrogens (tertiary/aromatic N) is 3. The highest BCUT2D eigenvalue weighted by atomic mass is 32.1. The van der Waals surface area contributed by atoms with Gasteiger partial charge in [0.05, 0.1) is 17.8 Å². The molecule has 0 amide bonds. The van der Waals surface area contributed by atoms with Gasteiger partial charge in [-0.25, -0.2) is 4.98 Å². The molecule has 29 heavy (non-hydrogen) atoms. The van der Waals surface area contributed by atoms with Crippen molar-refractivity contribution in [3.8, 4) is 11.3 Å². The van der Waals surface area contributed by atoms with Gasteiger partial charge in [-0.05, 0) is 37.1 Å². The Morgan fingerprint density at radius 3 is 2.34 bits per heavy atom. The van der Waals surface area contributed by atoms with Crippen LogP contribution in [0.1, 0.15) is 17.8 Å². The Hall–Kier alpha value is -3.12. The van der Waals surface area contributed by atoms with Gasteiger partial charge in [-0.15, -0.1) is 11.3 Å². The fourth-order valence-corrected chi connectivity index (χ4v) is 4.87. The summed E-state index contributed by atoms with van der Waals surface area (Å²) in [5, 5.41) is 21.9. The fourth-order valence-electron chi connectivity index (χ4n) is 3.97. The predicted molar refractivity (Wildman–Crippen MR) is 120 cm³/mol. The summed E-state index contributed by atoms with van der Waals surface area (Å²) < 4.78 is 0. The number of aliphatic hydroxyl groups excluding tert-OH is 1. The normalized spacial score (nSPS) is 16.9. The van der Waals surface area contributed by atoms with E-state index in [4.69, 9.17) is 5.41 Å². The number of rotatable bonds is 4. The lowest BCUT2D eigenvalue weighted by Gasteiger charge is -2.21. The van der Waals surface area contributed by atoms with Gasteiger partial charge in [-0.3, -0.25) is 5.41 Å². The van der Waals surface area contributed by atoms with E-state index in [9.17, 15) is 5.11 Å². The summed E-state index contributed by atoms with van der Waals surface area (Å²) in [6, 6.07) is 18.3. The summed E-state index contributed by atoms with van der Waals surface area (Å²) >= 11 is 1.46. The number of aliphatic hydroxyl groups is 1. The molecule has 6 heteroatoms. The molecule has 0 aliphatic carbocycles. The van der Waals surface area contributed by atoms with Crippen LogP contribution in [0.15, 0.2) is 65.7 Å². The maximum atomic E-state index is 10.6. The van der Waals surface area contributed by atoms with Gasteiger partial charge in [0.2, 0.25) is 0 Å². The first-order chi connectivity index (χ1) is 14.2. The van der Waals surface area contributed by atoms with E-state index >= 15 is 0 Å². The molecular weight excluding hydrogens is 380 g/mol. The lowest BCUT2D eigenvalue weighted by atomic mass is 10.2. The molecule has 0 spiro atoms. The van der Waals surface area contributed by atoms with Crippen molar-refractivity contribution in [3.05, 3.63) is 70.7 Å². The van der Waals surface area contributed by atoms with Crippen molar-refractivity contribution in [1.29, 1.82) is 5.41 Å². The number of hydrogen-bond acceptors (Lipinski definition) is 5. The molecule has 1 saturated heterocycles. The first kappa shape index (κ1) is 17.9. The summed E-state index contributed by atoms with van der Waals surface area (Å²) in [7, 11) is 0. The smallest absolute Gasteiger partial charge is 0.139 e. The second-order valence-electron chi connectivity index (χ2n) is 7.37. The molecule has 2 aliphatic rings. The number of hydrogen-bond donors (Lipinski definition) is 2. The van der Waals surface area contributed by atoms with Gasteiger partial charge in [0, 0.05) is 35.4 Å². The minimum atomic E-state index is 0.201. The molecular formula is C23H22N4OS. The molecule has 0 unspecified atom stereocenters. The maximum absolute atomic E-state index is 10.6. The average Bonchev–Trinajstić information content (AvgIpc) is 3.50. The van der Waals surface area contributed by atoms with Crippen LogP contribution in [-0.4, -0.2) is 35.6 Å². The molecule has 0 bridgehead atoms. The van der Waals surface area contributed by atoms with Gasteiger partial charge in [-0.1, -0.05) is 30.3 Å². The molecule has 0 saturated carbocycles. The van der Waals surface area contributed by atoms with Crippen molar-refractivity contribution in [2.45, 2.75) is 12.8 Å². The zero-order chi connectivity index (χ0) is 19.8. The number of anilines is 2. The second-order valence-corrected chi connectivity index (χ2v) is 8.23. The Balaban J connectivity index is 1.38. The standard InChI is InChI=1S/C23H22N4OS/c24-22-21(23-25-19(15-29-23)16-6-2-1-3-7-16)20(28)14-27(22)18-10-8-17(9-11-18)26-12-4-5-13-26/h1-3,6-11,15,24,28H,4-5,12-14H2. The largest absolute Gasteiger partial charge is 0.510 e. The SMILES string of the molecule is N=C1C(c2nc(-c3ccccc3)cs2)=C(O)CN1c1ccc(N2CCCC2)cc1.